The van der Waals surface area contributed by atoms with Crippen LogP contribution in [0.4, 0.5) is 5.13 Å². The van der Waals surface area contributed by atoms with E-state index in [1.165, 1.54) is 16.9 Å². The van der Waals surface area contributed by atoms with Crippen LogP contribution in [0.2, 0.25) is 0 Å². The average Bonchev–Trinajstić information content (AvgIpc) is 3.16. The van der Waals surface area contributed by atoms with Gasteiger partial charge in [-0.2, -0.15) is 4.98 Å². The number of aromatic nitrogens is 3. The maximum absolute atomic E-state index is 12.9. The molecule has 2 aromatic heterocycles. The Bertz CT molecular complexity index is 1050. The number of fused-ring (bicyclic) bond motifs is 1. The summed E-state index contributed by atoms with van der Waals surface area (Å²) in [5.74, 6) is 0.157. The van der Waals surface area contributed by atoms with Gasteiger partial charge in [0.25, 0.3) is 5.56 Å². The van der Waals surface area contributed by atoms with Crippen LogP contribution in [0, 0.1) is 12.8 Å². The normalized spacial score (nSPS) is 15.1. The molecule has 146 valence electrons. The number of hydrogen-bond donors (Lipinski definition) is 1. The van der Waals surface area contributed by atoms with Crippen molar-refractivity contribution in [2.45, 2.75) is 26.3 Å². The molecule has 0 atom stereocenters. The number of rotatable bonds is 4. The van der Waals surface area contributed by atoms with Gasteiger partial charge in [-0.05, 0) is 25.3 Å². The van der Waals surface area contributed by atoms with Gasteiger partial charge in [0.15, 0.2) is 10.8 Å². The first-order chi connectivity index (χ1) is 13.5. The first kappa shape index (κ1) is 18.6. The number of nitrogens with zero attached hydrogens (tertiary/aromatic N) is 4. The molecule has 7 nitrogen and oxygen atoms in total. The van der Waals surface area contributed by atoms with Crippen molar-refractivity contribution in [2.75, 3.05) is 25.0 Å². The third-order valence-electron chi connectivity index (χ3n) is 5.23. The lowest BCUT2D eigenvalue weighted by Crippen LogP contribution is -2.39. The van der Waals surface area contributed by atoms with Crippen molar-refractivity contribution in [3.63, 3.8) is 0 Å². The molecule has 0 saturated carbocycles. The lowest BCUT2D eigenvalue weighted by atomic mass is 9.96. The summed E-state index contributed by atoms with van der Waals surface area (Å²) in [6, 6.07) is 8.14. The topological polar surface area (TPSA) is 80.1 Å². The van der Waals surface area contributed by atoms with Crippen molar-refractivity contribution in [2.24, 2.45) is 5.92 Å². The summed E-state index contributed by atoms with van der Waals surface area (Å²) in [7, 11) is 1.68. The molecule has 28 heavy (non-hydrogen) atoms. The summed E-state index contributed by atoms with van der Waals surface area (Å²) in [6.07, 6.45) is 3.16. The zero-order valence-electron chi connectivity index (χ0n) is 16.0. The summed E-state index contributed by atoms with van der Waals surface area (Å²) >= 11 is 1.39. The Morgan fingerprint density at radius 1 is 1.25 bits per heavy atom. The van der Waals surface area contributed by atoms with E-state index >= 15 is 0 Å². The fourth-order valence-corrected chi connectivity index (χ4v) is 4.53. The van der Waals surface area contributed by atoms with E-state index < -0.39 is 0 Å². The zero-order chi connectivity index (χ0) is 19.7. The van der Waals surface area contributed by atoms with Gasteiger partial charge in [0.2, 0.25) is 5.91 Å². The third kappa shape index (κ3) is 3.64. The predicted octanol–water partition coefficient (Wildman–Crippen LogP) is 2.17. The number of carbonyl (C=O) groups excluding carboxylic acids is 1. The van der Waals surface area contributed by atoms with Gasteiger partial charge >= 0.3 is 0 Å². The SMILES string of the molecule is CNC(=O)C1CCN(c2nc3ncn(Cc4ccc(C)cc4)c(=O)c3s2)CC1. The fourth-order valence-electron chi connectivity index (χ4n) is 3.51. The highest BCUT2D eigenvalue weighted by Crippen LogP contribution is 2.29. The monoisotopic (exact) mass is 397 g/mol. The van der Waals surface area contributed by atoms with Gasteiger partial charge < -0.3 is 10.2 Å². The number of nitrogens with one attached hydrogen (secondary N) is 1. The van der Waals surface area contributed by atoms with Crippen LogP contribution in [-0.2, 0) is 11.3 Å². The van der Waals surface area contributed by atoms with E-state index in [-0.39, 0.29) is 17.4 Å². The molecule has 1 saturated heterocycles. The highest BCUT2D eigenvalue weighted by molar-refractivity contribution is 7.22. The molecule has 1 fully saturated rings. The molecule has 1 N–H and O–H groups in total. The summed E-state index contributed by atoms with van der Waals surface area (Å²) in [4.78, 5) is 35.8. The minimum Gasteiger partial charge on any atom is -0.359 e. The Morgan fingerprint density at radius 2 is 1.96 bits per heavy atom. The van der Waals surface area contributed by atoms with Crippen LogP contribution in [-0.4, -0.2) is 40.6 Å². The smallest absolute Gasteiger partial charge is 0.273 e. The maximum atomic E-state index is 12.9. The van der Waals surface area contributed by atoms with E-state index in [0.717, 1.165) is 36.6 Å². The van der Waals surface area contributed by atoms with E-state index in [0.29, 0.717) is 16.9 Å². The minimum absolute atomic E-state index is 0.0560. The molecule has 1 aromatic carbocycles. The molecule has 0 bridgehead atoms. The van der Waals surface area contributed by atoms with Gasteiger partial charge in [-0.25, -0.2) is 4.98 Å². The standard InChI is InChI=1S/C20H23N5O2S/c1-13-3-5-14(6-4-13)11-25-12-22-17-16(19(25)27)28-20(23-17)24-9-7-15(8-10-24)18(26)21-2/h3-6,12,15H,7-11H2,1-2H3,(H,21,26). The average molecular weight is 398 g/mol. The molecule has 1 aliphatic heterocycles. The summed E-state index contributed by atoms with van der Waals surface area (Å²) in [5.41, 5.74) is 2.69. The number of aryl methyl sites for hydroxylation is 1. The number of benzene rings is 1. The summed E-state index contributed by atoms with van der Waals surface area (Å²) in [5, 5.41) is 3.53. The molecule has 0 radical (unpaired) electrons. The van der Waals surface area contributed by atoms with Crippen molar-refractivity contribution in [1.29, 1.82) is 0 Å². The molecule has 3 aromatic rings. The maximum Gasteiger partial charge on any atom is 0.273 e. The highest BCUT2D eigenvalue weighted by atomic mass is 32.1. The van der Waals surface area contributed by atoms with Crippen molar-refractivity contribution in [1.82, 2.24) is 19.9 Å². The molecule has 3 heterocycles. The fraction of sp³-hybridized carbons (Fsp3) is 0.400. The van der Waals surface area contributed by atoms with E-state index in [4.69, 9.17) is 0 Å². The van der Waals surface area contributed by atoms with Crippen molar-refractivity contribution in [3.05, 3.63) is 52.1 Å². The number of piperidine rings is 1. The number of carbonyl (C=O) groups is 1. The van der Waals surface area contributed by atoms with Crippen LogP contribution in [0.3, 0.4) is 0 Å². The van der Waals surface area contributed by atoms with Gasteiger partial charge in [0.05, 0.1) is 6.54 Å². The summed E-state index contributed by atoms with van der Waals surface area (Å²) < 4.78 is 2.21. The van der Waals surface area contributed by atoms with Gasteiger partial charge in [-0.3, -0.25) is 14.2 Å². The number of thiazole rings is 1. The Morgan fingerprint density at radius 3 is 2.64 bits per heavy atom. The lowest BCUT2D eigenvalue weighted by molar-refractivity contribution is -0.125. The van der Waals surface area contributed by atoms with Crippen molar-refractivity contribution < 1.29 is 4.79 Å². The quantitative estimate of drug-likeness (QED) is 0.730. The van der Waals surface area contributed by atoms with E-state index in [1.807, 2.05) is 31.2 Å². The van der Waals surface area contributed by atoms with Crippen LogP contribution in [0.5, 0.6) is 0 Å². The number of amides is 1. The van der Waals surface area contributed by atoms with Crippen LogP contribution < -0.4 is 15.8 Å². The van der Waals surface area contributed by atoms with Crippen LogP contribution >= 0.6 is 11.3 Å². The number of hydrogen-bond acceptors (Lipinski definition) is 6. The molecule has 1 amide bonds. The van der Waals surface area contributed by atoms with Gasteiger partial charge in [-0.1, -0.05) is 41.2 Å². The molecule has 4 rings (SSSR count). The first-order valence-electron chi connectivity index (χ1n) is 9.43. The lowest BCUT2D eigenvalue weighted by Gasteiger charge is -2.30. The molecule has 8 heteroatoms. The van der Waals surface area contributed by atoms with E-state index in [2.05, 4.69) is 20.2 Å². The molecule has 0 unspecified atom stereocenters. The second-order valence-electron chi connectivity index (χ2n) is 7.19. The second kappa shape index (κ2) is 7.71. The predicted molar refractivity (Wildman–Crippen MR) is 111 cm³/mol. The van der Waals surface area contributed by atoms with Crippen LogP contribution in [0.25, 0.3) is 10.3 Å². The zero-order valence-corrected chi connectivity index (χ0v) is 16.8. The van der Waals surface area contributed by atoms with Crippen LogP contribution in [0.15, 0.2) is 35.4 Å². The first-order valence-corrected chi connectivity index (χ1v) is 10.2. The second-order valence-corrected chi connectivity index (χ2v) is 8.17. The third-order valence-corrected chi connectivity index (χ3v) is 6.32. The minimum atomic E-state index is -0.0606. The Labute approximate surface area is 167 Å². The molecular weight excluding hydrogens is 374 g/mol. The van der Waals surface area contributed by atoms with Crippen molar-refractivity contribution in [3.8, 4) is 0 Å². The highest BCUT2D eigenvalue weighted by Gasteiger charge is 2.26. The Hall–Kier alpha value is -2.74. The molecular formula is C20H23N5O2S. The largest absolute Gasteiger partial charge is 0.359 e. The summed E-state index contributed by atoms with van der Waals surface area (Å²) in [6.45, 7) is 4.05. The molecule has 0 spiro atoms. The van der Waals surface area contributed by atoms with Gasteiger partial charge in [-0.15, -0.1) is 0 Å². The van der Waals surface area contributed by atoms with Crippen molar-refractivity contribution >= 4 is 32.7 Å². The number of anilines is 1. The molecule has 1 aliphatic rings. The van der Waals surface area contributed by atoms with Gasteiger partial charge in [0.1, 0.15) is 11.0 Å². The Balaban J connectivity index is 1.55. The van der Waals surface area contributed by atoms with Crippen LogP contribution in [0.1, 0.15) is 24.0 Å². The van der Waals surface area contributed by atoms with E-state index in [1.54, 1.807) is 17.9 Å². The van der Waals surface area contributed by atoms with E-state index in [9.17, 15) is 9.59 Å². The molecule has 0 aliphatic carbocycles. The van der Waals surface area contributed by atoms with Gasteiger partial charge in [0, 0.05) is 26.1 Å². The Kier molecular flexibility index (Phi) is 5.13.